The Kier molecular flexibility index (Phi) is 7.86. The van der Waals surface area contributed by atoms with Crippen molar-refractivity contribution in [3.63, 3.8) is 0 Å². The molecule has 0 bridgehead atoms. The van der Waals surface area contributed by atoms with Crippen LogP contribution in [0.3, 0.4) is 0 Å². The molecule has 40 heavy (non-hydrogen) atoms. The molecule has 1 aliphatic rings. The fourth-order valence-electron chi connectivity index (χ4n) is 4.53. The van der Waals surface area contributed by atoms with Crippen molar-refractivity contribution in [1.82, 2.24) is 4.98 Å². The van der Waals surface area contributed by atoms with Crippen LogP contribution in [0.4, 0.5) is 13.2 Å². The third-order valence-corrected chi connectivity index (χ3v) is 6.72. The van der Waals surface area contributed by atoms with Gasteiger partial charge in [-0.2, -0.15) is 0 Å². The Hall–Kier alpha value is -4.60. The molecule has 1 aromatic heterocycles. The summed E-state index contributed by atoms with van der Waals surface area (Å²) in [6.07, 6.45) is 3.39. The van der Waals surface area contributed by atoms with Crippen LogP contribution in [-0.4, -0.2) is 36.1 Å². The molecule has 0 saturated carbocycles. The number of hydrogen-bond acceptors (Lipinski definition) is 5. The molecule has 0 fully saturated rings. The monoisotopic (exact) mass is 548 g/mol. The summed E-state index contributed by atoms with van der Waals surface area (Å²) in [6, 6.07) is 12.3. The Balaban J connectivity index is 1.49. The van der Waals surface area contributed by atoms with E-state index in [0.29, 0.717) is 47.5 Å². The SMILES string of the molecule is CC(C(N)=NC1=NCCCOc2ccc(Oc3c(F)cc4[nH]ccc4c3F)cc21)c1cccc(CCC=O)c1F. The maximum Gasteiger partial charge on any atom is 0.199 e. The van der Waals surface area contributed by atoms with E-state index in [4.69, 9.17) is 15.2 Å². The smallest absolute Gasteiger partial charge is 0.199 e. The number of carbonyl (C=O) groups is 1. The van der Waals surface area contributed by atoms with Gasteiger partial charge in [0.1, 0.15) is 29.4 Å². The van der Waals surface area contributed by atoms with Crippen LogP contribution in [0.1, 0.15) is 42.4 Å². The summed E-state index contributed by atoms with van der Waals surface area (Å²) in [5, 5.41) is 0.196. The van der Waals surface area contributed by atoms with Crippen LogP contribution in [0.25, 0.3) is 10.9 Å². The van der Waals surface area contributed by atoms with E-state index < -0.39 is 29.1 Å². The van der Waals surface area contributed by atoms with Crippen LogP contribution >= 0.6 is 0 Å². The van der Waals surface area contributed by atoms with E-state index >= 15 is 8.78 Å². The van der Waals surface area contributed by atoms with Crippen molar-refractivity contribution in [2.75, 3.05) is 13.2 Å². The number of halogens is 3. The van der Waals surface area contributed by atoms with Gasteiger partial charge in [-0.25, -0.2) is 18.2 Å². The van der Waals surface area contributed by atoms with Gasteiger partial charge in [0.15, 0.2) is 23.2 Å². The topological polar surface area (TPSA) is 102 Å². The highest BCUT2D eigenvalue weighted by Crippen LogP contribution is 2.35. The number of carbonyl (C=O) groups excluding carboxylic acids is 1. The van der Waals surface area contributed by atoms with Crippen molar-refractivity contribution in [1.29, 1.82) is 0 Å². The first kappa shape index (κ1) is 27.0. The minimum Gasteiger partial charge on any atom is -0.493 e. The molecule has 3 aromatic carbocycles. The second-order valence-electron chi connectivity index (χ2n) is 9.39. The van der Waals surface area contributed by atoms with E-state index in [9.17, 15) is 9.18 Å². The second-order valence-corrected chi connectivity index (χ2v) is 9.39. The molecule has 0 saturated heterocycles. The molecule has 2 heterocycles. The van der Waals surface area contributed by atoms with Gasteiger partial charge in [-0.3, -0.25) is 4.99 Å². The number of ether oxygens (including phenoxy) is 2. The standard InChI is InChI=1S/C30H27F3N4O3/c1-17(20-7-2-5-18(26(20)32)6-3-13-38)29(34)37-30-22-15-19(8-9-25(22)39-14-4-11-36-30)40-28-23(31)16-24-21(27(28)33)10-12-35-24/h2,5,7-10,12-13,15-17,35H,3-4,6,11,14H2,1H3,(H2,34,36,37). The summed E-state index contributed by atoms with van der Waals surface area (Å²) >= 11 is 0. The van der Waals surface area contributed by atoms with Crippen molar-refractivity contribution in [2.45, 2.75) is 32.1 Å². The van der Waals surface area contributed by atoms with Gasteiger partial charge in [-0.15, -0.1) is 0 Å². The molecular weight excluding hydrogens is 521 g/mol. The van der Waals surface area contributed by atoms with Crippen molar-refractivity contribution in [2.24, 2.45) is 15.7 Å². The molecule has 3 N–H and O–H groups in total. The fourth-order valence-corrected chi connectivity index (χ4v) is 4.53. The van der Waals surface area contributed by atoms with E-state index in [1.54, 1.807) is 31.2 Å². The first-order valence-corrected chi connectivity index (χ1v) is 12.9. The number of nitrogens with two attached hydrogens (primary N) is 1. The summed E-state index contributed by atoms with van der Waals surface area (Å²) < 4.78 is 56.4. The lowest BCUT2D eigenvalue weighted by atomic mass is 9.95. The molecule has 7 nitrogen and oxygen atoms in total. The maximum absolute atomic E-state index is 15.2. The number of fused-ring (bicyclic) bond motifs is 2. The number of aromatic nitrogens is 1. The third-order valence-electron chi connectivity index (χ3n) is 6.72. The highest BCUT2D eigenvalue weighted by atomic mass is 19.1. The predicted molar refractivity (Wildman–Crippen MR) is 147 cm³/mol. The van der Waals surface area contributed by atoms with Crippen LogP contribution in [0.5, 0.6) is 17.2 Å². The number of rotatable bonds is 7. The van der Waals surface area contributed by atoms with Gasteiger partial charge in [0.2, 0.25) is 0 Å². The normalized spacial score (nSPS) is 14.5. The zero-order chi connectivity index (χ0) is 28.2. The summed E-state index contributed by atoms with van der Waals surface area (Å²) in [5.74, 6) is -2.36. The number of aromatic amines is 1. The number of aliphatic imine (C=N–C) groups is 2. The lowest BCUT2D eigenvalue weighted by Crippen LogP contribution is -2.23. The lowest BCUT2D eigenvalue weighted by Gasteiger charge is -2.18. The number of aldehydes is 1. The molecule has 0 spiro atoms. The fraction of sp³-hybridized carbons (Fsp3) is 0.233. The Morgan fingerprint density at radius 1 is 1.20 bits per heavy atom. The van der Waals surface area contributed by atoms with E-state index in [1.807, 2.05) is 0 Å². The summed E-state index contributed by atoms with van der Waals surface area (Å²) in [5.41, 5.74) is 7.85. The van der Waals surface area contributed by atoms with Crippen molar-refractivity contribution in [3.05, 3.63) is 88.9 Å². The van der Waals surface area contributed by atoms with Crippen LogP contribution < -0.4 is 15.2 Å². The Morgan fingerprint density at radius 3 is 2.88 bits per heavy atom. The minimum atomic E-state index is -0.863. The highest BCUT2D eigenvalue weighted by Gasteiger charge is 2.22. The zero-order valence-corrected chi connectivity index (χ0v) is 21.7. The molecule has 1 atom stereocenters. The second kappa shape index (κ2) is 11.6. The molecule has 1 aliphatic heterocycles. The molecule has 4 aromatic rings. The number of hydrogen-bond donors (Lipinski definition) is 2. The van der Waals surface area contributed by atoms with Crippen LogP contribution in [0.2, 0.25) is 0 Å². The van der Waals surface area contributed by atoms with Gasteiger partial charge in [0.25, 0.3) is 0 Å². The maximum atomic E-state index is 15.2. The zero-order valence-electron chi connectivity index (χ0n) is 21.7. The molecule has 10 heteroatoms. The lowest BCUT2D eigenvalue weighted by molar-refractivity contribution is -0.107. The van der Waals surface area contributed by atoms with Gasteiger partial charge in [0.05, 0.1) is 17.7 Å². The van der Waals surface area contributed by atoms with Crippen molar-refractivity contribution >= 4 is 28.9 Å². The molecule has 0 amide bonds. The number of nitrogens with one attached hydrogen (secondary N) is 1. The highest BCUT2D eigenvalue weighted by molar-refractivity contribution is 6.09. The molecule has 0 radical (unpaired) electrons. The Morgan fingerprint density at radius 2 is 2.05 bits per heavy atom. The number of aryl methyl sites for hydroxylation is 1. The van der Waals surface area contributed by atoms with Gasteiger partial charge in [0, 0.05) is 43.0 Å². The Labute approximate surface area is 228 Å². The van der Waals surface area contributed by atoms with E-state index in [-0.39, 0.29) is 35.6 Å². The number of nitrogens with zero attached hydrogens (tertiary/aromatic N) is 2. The molecule has 206 valence electrons. The average molecular weight is 549 g/mol. The number of benzene rings is 3. The molecule has 1 unspecified atom stereocenters. The number of amidine groups is 2. The summed E-state index contributed by atoms with van der Waals surface area (Å²) in [4.78, 5) is 22.6. The summed E-state index contributed by atoms with van der Waals surface area (Å²) in [6.45, 7) is 2.53. The number of H-pyrrole nitrogens is 1. The first-order valence-electron chi connectivity index (χ1n) is 12.9. The van der Waals surface area contributed by atoms with Gasteiger partial charge in [-0.1, -0.05) is 25.1 Å². The molecule has 0 aliphatic carbocycles. The Bertz CT molecular complexity index is 1630. The van der Waals surface area contributed by atoms with Gasteiger partial charge < -0.3 is 25.0 Å². The quantitative estimate of drug-likeness (QED) is 0.163. The summed E-state index contributed by atoms with van der Waals surface area (Å²) in [7, 11) is 0. The van der Waals surface area contributed by atoms with E-state index in [2.05, 4.69) is 15.0 Å². The minimum absolute atomic E-state index is 0.109. The van der Waals surface area contributed by atoms with Gasteiger partial charge >= 0.3 is 0 Å². The van der Waals surface area contributed by atoms with Crippen molar-refractivity contribution in [3.8, 4) is 17.2 Å². The van der Waals surface area contributed by atoms with Gasteiger partial charge in [-0.05, 0) is 41.8 Å². The van der Waals surface area contributed by atoms with Crippen LogP contribution in [-0.2, 0) is 11.2 Å². The van der Waals surface area contributed by atoms with Crippen molar-refractivity contribution < 1.29 is 27.4 Å². The largest absolute Gasteiger partial charge is 0.493 e. The van der Waals surface area contributed by atoms with E-state index in [1.165, 1.54) is 24.4 Å². The van der Waals surface area contributed by atoms with Crippen LogP contribution in [0.15, 0.2) is 64.7 Å². The average Bonchev–Trinajstić information content (AvgIpc) is 3.41. The van der Waals surface area contributed by atoms with Crippen LogP contribution in [0, 0.1) is 17.5 Å². The first-order chi connectivity index (χ1) is 19.4. The predicted octanol–water partition coefficient (Wildman–Crippen LogP) is 6.20. The molecule has 5 rings (SSSR count). The molecular formula is C30H27F3N4O3. The third kappa shape index (κ3) is 5.42. The van der Waals surface area contributed by atoms with E-state index in [0.717, 1.165) is 12.4 Å².